The molecule has 1 aromatic rings. The molecule has 0 spiro atoms. The zero-order chi connectivity index (χ0) is 15.1. The Balaban J connectivity index is 3.16. The van der Waals surface area contributed by atoms with Gasteiger partial charge in [-0.25, -0.2) is 4.79 Å². The molecule has 0 saturated heterocycles. The normalized spacial score (nSPS) is 11.3. The van der Waals surface area contributed by atoms with Crippen LogP contribution < -0.4 is 4.90 Å². The van der Waals surface area contributed by atoms with Gasteiger partial charge in [0.1, 0.15) is 6.07 Å². The number of carbonyl (C=O) groups excluding carboxylic acids is 2. The van der Waals surface area contributed by atoms with E-state index in [1.165, 1.54) is 32.4 Å². The van der Waals surface area contributed by atoms with Crippen molar-refractivity contribution in [3.8, 4) is 6.07 Å². The number of esters is 1. The maximum absolute atomic E-state index is 11.7. The van der Waals surface area contributed by atoms with E-state index in [9.17, 15) is 9.59 Å². The maximum Gasteiger partial charge on any atom is 0.331 e. The number of ether oxygens (including phenoxy) is 2. The third-order valence-corrected chi connectivity index (χ3v) is 2.93. The molecule has 0 aliphatic heterocycles. The molecule has 1 amide bonds. The summed E-state index contributed by atoms with van der Waals surface area (Å²) in [5.41, 5.74) is 0.652. The van der Waals surface area contributed by atoms with Crippen molar-refractivity contribution in [1.82, 2.24) is 0 Å². The Morgan fingerprint density at radius 3 is 2.70 bits per heavy atom. The number of nitrogens with zero attached hydrogens (tertiary/aromatic N) is 2. The molecule has 1 unspecified atom stereocenters. The Morgan fingerprint density at radius 1 is 1.55 bits per heavy atom. The van der Waals surface area contributed by atoms with Crippen molar-refractivity contribution >= 4 is 29.7 Å². The van der Waals surface area contributed by atoms with E-state index >= 15 is 0 Å². The Bertz CT molecular complexity index is 542. The van der Waals surface area contributed by atoms with E-state index < -0.39 is 12.0 Å². The summed E-state index contributed by atoms with van der Waals surface area (Å²) in [5, 5.41) is 9.01. The molecule has 0 fully saturated rings. The van der Waals surface area contributed by atoms with Gasteiger partial charge in [0, 0.05) is 12.8 Å². The molecule has 0 saturated carbocycles. The predicted molar refractivity (Wildman–Crippen MR) is 72.4 cm³/mol. The Hall–Kier alpha value is -2.10. The lowest BCUT2D eigenvalue weighted by Crippen LogP contribution is -2.44. The highest BCUT2D eigenvalue weighted by Crippen LogP contribution is 2.24. The summed E-state index contributed by atoms with van der Waals surface area (Å²) in [4.78, 5) is 24.1. The molecule has 1 rings (SSSR count). The molecule has 20 heavy (non-hydrogen) atoms. The minimum Gasteiger partial charge on any atom is -0.467 e. The molecule has 0 radical (unpaired) electrons. The van der Waals surface area contributed by atoms with E-state index in [4.69, 9.17) is 21.6 Å². The van der Waals surface area contributed by atoms with Crippen molar-refractivity contribution in [2.75, 3.05) is 25.7 Å². The molecule has 0 N–H and O–H groups in total. The molecule has 6 nitrogen and oxygen atoms in total. The van der Waals surface area contributed by atoms with Crippen molar-refractivity contribution in [3.63, 3.8) is 0 Å². The first-order chi connectivity index (χ1) is 9.58. The summed E-state index contributed by atoms with van der Waals surface area (Å²) in [5.74, 6) is -0.612. The smallest absolute Gasteiger partial charge is 0.331 e. The number of rotatable bonds is 6. The summed E-state index contributed by atoms with van der Waals surface area (Å²) >= 11 is 5.91. The van der Waals surface area contributed by atoms with Crippen molar-refractivity contribution < 1.29 is 19.1 Å². The summed E-state index contributed by atoms with van der Waals surface area (Å²) in [6.45, 7) is -0.0248. The van der Waals surface area contributed by atoms with Gasteiger partial charge in [-0.05, 0) is 18.2 Å². The van der Waals surface area contributed by atoms with Gasteiger partial charge < -0.3 is 9.47 Å². The number of benzene rings is 1. The third kappa shape index (κ3) is 3.47. The average Bonchev–Trinajstić information content (AvgIpc) is 2.46. The topological polar surface area (TPSA) is 79.6 Å². The molecule has 0 aliphatic carbocycles. The second-order valence-electron chi connectivity index (χ2n) is 3.78. The van der Waals surface area contributed by atoms with Crippen LogP contribution >= 0.6 is 11.6 Å². The standard InChI is InChI=1S/C13H13ClN2O4/c1-19-7-12(13(18)20-2)16(8-17)10-4-3-9(6-15)11(14)5-10/h3-5,8,12H,7H2,1-2H3. The van der Waals surface area contributed by atoms with Crippen LogP contribution in [0, 0.1) is 11.3 Å². The number of hydrogen-bond donors (Lipinski definition) is 0. The molecular formula is C13H13ClN2O4. The van der Waals surface area contributed by atoms with Gasteiger partial charge in [0.05, 0.1) is 24.3 Å². The highest BCUT2D eigenvalue weighted by molar-refractivity contribution is 6.32. The minimum absolute atomic E-state index is 0.0248. The molecule has 0 bridgehead atoms. The lowest BCUT2D eigenvalue weighted by molar-refractivity contribution is -0.144. The van der Waals surface area contributed by atoms with Gasteiger partial charge in [0.25, 0.3) is 0 Å². The van der Waals surface area contributed by atoms with Crippen LogP contribution in [0.4, 0.5) is 5.69 Å². The van der Waals surface area contributed by atoms with E-state index in [-0.39, 0.29) is 17.2 Å². The van der Waals surface area contributed by atoms with Gasteiger partial charge in [-0.1, -0.05) is 11.6 Å². The monoisotopic (exact) mass is 296 g/mol. The predicted octanol–water partition coefficient (Wildman–Crippen LogP) is 1.36. The van der Waals surface area contributed by atoms with Gasteiger partial charge in [-0.15, -0.1) is 0 Å². The molecule has 1 atom stereocenters. The third-order valence-electron chi connectivity index (χ3n) is 2.62. The molecule has 106 valence electrons. The van der Waals surface area contributed by atoms with E-state index in [1.807, 2.05) is 6.07 Å². The molecule has 7 heteroatoms. The fraction of sp³-hybridized carbons (Fsp3) is 0.308. The highest BCUT2D eigenvalue weighted by atomic mass is 35.5. The minimum atomic E-state index is -0.925. The largest absolute Gasteiger partial charge is 0.467 e. The van der Waals surface area contributed by atoms with Crippen LogP contribution in [0.5, 0.6) is 0 Å². The Morgan fingerprint density at radius 2 is 2.25 bits per heavy atom. The Kier molecular flexibility index (Phi) is 5.97. The number of hydrogen-bond acceptors (Lipinski definition) is 5. The first kappa shape index (κ1) is 16.0. The van der Waals surface area contributed by atoms with Gasteiger partial charge in [0.15, 0.2) is 6.04 Å². The first-order valence-electron chi connectivity index (χ1n) is 5.59. The van der Waals surface area contributed by atoms with Crippen LogP contribution in [-0.2, 0) is 19.1 Å². The zero-order valence-electron chi connectivity index (χ0n) is 11.0. The van der Waals surface area contributed by atoms with Crippen molar-refractivity contribution in [2.45, 2.75) is 6.04 Å². The fourth-order valence-electron chi connectivity index (χ4n) is 1.63. The number of nitriles is 1. The van der Waals surface area contributed by atoms with Crippen LogP contribution in [0.1, 0.15) is 5.56 Å². The molecule has 0 aliphatic rings. The van der Waals surface area contributed by atoms with Gasteiger partial charge >= 0.3 is 5.97 Å². The SMILES string of the molecule is COCC(C(=O)OC)N(C=O)c1ccc(C#N)c(Cl)c1. The number of carbonyl (C=O) groups is 2. The number of halogens is 1. The van der Waals surface area contributed by atoms with Gasteiger partial charge in [-0.3, -0.25) is 9.69 Å². The van der Waals surface area contributed by atoms with Crippen LogP contribution in [0.15, 0.2) is 18.2 Å². The van der Waals surface area contributed by atoms with Crippen LogP contribution in [-0.4, -0.2) is 39.2 Å². The zero-order valence-corrected chi connectivity index (χ0v) is 11.8. The molecule has 0 heterocycles. The maximum atomic E-state index is 11.7. The quantitative estimate of drug-likeness (QED) is 0.585. The van der Waals surface area contributed by atoms with Gasteiger partial charge in [-0.2, -0.15) is 5.26 Å². The molecule has 1 aromatic carbocycles. The fourth-order valence-corrected chi connectivity index (χ4v) is 1.84. The first-order valence-corrected chi connectivity index (χ1v) is 5.96. The average molecular weight is 297 g/mol. The number of anilines is 1. The molecular weight excluding hydrogens is 284 g/mol. The number of methoxy groups -OCH3 is 2. The van der Waals surface area contributed by atoms with E-state index in [0.29, 0.717) is 12.1 Å². The Labute approximate surface area is 121 Å². The van der Waals surface area contributed by atoms with E-state index in [2.05, 4.69) is 4.74 Å². The van der Waals surface area contributed by atoms with Gasteiger partial charge in [0.2, 0.25) is 6.41 Å². The van der Waals surface area contributed by atoms with Crippen LogP contribution in [0.3, 0.4) is 0 Å². The summed E-state index contributed by atoms with van der Waals surface area (Å²) in [6, 6.07) is 5.40. The van der Waals surface area contributed by atoms with Crippen molar-refractivity contribution in [1.29, 1.82) is 5.26 Å². The second kappa shape index (κ2) is 7.48. The van der Waals surface area contributed by atoms with E-state index in [1.54, 1.807) is 0 Å². The lowest BCUT2D eigenvalue weighted by atomic mass is 10.2. The second-order valence-corrected chi connectivity index (χ2v) is 4.19. The summed E-state index contributed by atoms with van der Waals surface area (Å²) in [7, 11) is 2.63. The van der Waals surface area contributed by atoms with Crippen LogP contribution in [0.25, 0.3) is 0 Å². The van der Waals surface area contributed by atoms with Crippen molar-refractivity contribution in [3.05, 3.63) is 28.8 Å². The van der Waals surface area contributed by atoms with Crippen LogP contribution in [0.2, 0.25) is 5.02 Å². The summed E-state index contributed by atoms with van der Waals surface area (Å²) in [6.07, 6.45) is 0.484. The van der Waals surface area contributed by atoms with Crippen molar-refractivity contribution in [2.24, 2.45) is 0 Å². The van der Waals surface area contributed by atoms with E-state index in [0.717, 1.165) is 4.90 Å². The lowest BCUT2D eigenvalue weighted by Gasteiger charge is -2.25. The summed E-state index contributed by atoms with van der Waals surface area (Å²) < 4.78 is 9.56. The number of amides is 1. The molecule has 0 aromatic heterocycles. The highest BCUT2D eigenvalue weighted by Gasteiger charge is 2.27.